The second-order valence-electron chi connectivity index (χ2n) is 3.59. The van der Waals surface area contributed by atoms with E-state index < -0.39 is 5.97 Å². The van der Waals surface area contributed by atoms with Crippen molar-refractivity contribution >= 4 is 27.8 Å². The zero-order valence-corrected chi connectivity index (χ0v) is 11.2. The zero-order chi connectivity index (χ0) is 13.8. The third kappa shape index (κ3) is 3.19. The van der Waals surface area contributed by atoms with Gasteiger partial charge in [0.2, 0.25) is 5.76 Å². The summed E-state index contributed by atoms with van der Waals surface area (Å²) in [7, 11) is 0. The molecule has 0 fully saturated rings. The van der Waals surface area contributed by atoms with E-state index in [0.29, 0.717) is 10.2 Å². The number of aromatic carboxylic acids is 1. The number of carboxylic acid groups (broad SMARTS) is 1. The van der Waals surface area contributed by atoms with Crippen molar-refractivity contribution in [1.29, 1.82) is 0 Å². The highest BCUT2D eigenvalue weighted by atomic mass is 79.9. The molecule has 2 aromatic heterocycles. The van der Waals surface area contributed by atoms with Crippen molar-refractivity contribution in [3.63, 3.8) is 0 Å². The third-order valence-electron chi connectivity index (χ3n) is 2.27. The number of furan rings is 1. The Morgan fingerprint density at radius 1 is 1.37 bits per heavy atom. The lowest BCUT2D eigenvalue weighted by Crippen LogP contribution is -2.23. The highest BCUT2D eigenvalue weighted by Gasteiger charge is 2.13. The molecule has 0 aliphatic carbocycles. The number of hydrogen-bond acceptors (Lipinski definition) is 4. The Morgan fingerprint density at radius 3 is 2.79 bits per heavy atom. The van der Waals surface area contributed by atoms with Gasteiger partial charge in [-0.25, -0.2) is 9.78 Å². The van der Waals surface area contributed by atoms with Crippen LogP contribution in [0.15, 0.2) is 39.4 Å². The second-order valence-corrected chi connectivity index (χ2v) is 4.44. The van der Waals surface area contributed by atoms with Crippen molar-refractivity contribution in [1.82, 2.24) is 10.3 Å². The molecule has 19 heavy (non-hydrogen) atoms. The molecule has 2 heterocycles. The molecule has 0 aliphatic heterocycles. The van der Waals surface area contributed by atoms with Gasteiger partial charge in [-0.1, -0.05) is 0 Å². The smallest absolute Gasteiger partial charge is 0.371 e. The van der Waals surface area contributed by atoms with Crippen LogP contribution in [0.3, 0.4) is 0 Å². The van der Waals surface area contributed by atoms with Crippen LogP contribution in [-0.4, -0.2) is 22.0 Å². The molecule has 2 N–H and O–H groups in total. The minimum atomic E-state index is -1.15. The van der Waals surface area contributed by atoms with E-state index in [1.165, 1.54) is 18.3 Å². The van der Waals surface area contributed by atoms with E-state index >= 15 is 0 Å². The van der Waals surface area contributed by atoms with Gasteiger partial charge < -0.3 is 14.8 Å². The maximum atomic E-state index is 11.8. The topological polar surface area (TPSA) is 92.4 Å². The van der Waals surface area contributed by atoms with Gasteiger partial charge in [0.25, 0.3) is 5.91 Å². The summed E-state index contributed by atoms with van der Waals surface area (Å²) in [5.74, 6) is -1.33. The molecule has 0 unspecified atom stereocenters. The van der Waals surface area contributed by atoms with Crippen LogP contribution in [0.4, 0.5) is 0 Å². The Kier molecular flexibility index (Phi) is 3.96. The number of carboxylic acids is 1. The summed E-state index contributed by atoms with van der Waals surface area (Å²) in [5.41, 5.74) is 0.257. The van der Waals surface area contributed by atoms with Crippen LogP contribution in [-0.2, 0) is 6.54 Å². The highest BCUT2D eigenvalue weighted by molar-refractivity contribution is 9.10. The number of nitrogens with zero attached hydrogens (tertiary/aromatic N) is 1. The van der Waals surface area contributed by atoms with E-state index in [-0.39, 0.29) is 23.9 Å². The number of amides is 1. The molecule has 6 nitrogen and oxygen atoms in total. The SMILES string of the molecule is O=C(O)c1ccc(CNC(=O)c2ncccc2Br)o1. The van der Waals surface area contributed by atoms with E-state index in [2.05, 4.69) is 26.2 Å². The van der Waals surface area contributed by atoms with Crippen LogP contribution >= 0.6 is 15.9 Å². The first-order valence-corrected chi connectivity index (χ1v) is 6.08. The summed E-state index contributed by atoms with van der Waals surface area (Å²) < 4.78 is 5.60. The number of aromatic nitrogens is 1. The average Bonchev–Trinajstić information content (AvgIpc) is 2.85. The van der Waals surface area contributed by atoms with Gasteiger partial charge in [0, 0.05) is 10.7 Å². The van der Waals surface area contributed by atoms with Crippen molar-refractivity contribution in [2.24, 2.45) is 0 Å². The van der Waals surface area contributed by atoms with E-state index in [0.717, 1.165) is 0 Å². The summed E-state index contributed by atoms with van der Waals surface area (Å²) in [6, 6.07) is 6.24. The number of halogens is 1. The number of carbonyl (C=O) groups is 2. The zero-order valence-electron chi connectivity index (χ0n) is 9.59. The molecule has 7 heteroatoms. The summed E-state index contributed by atoms with van der Waals surface area (Å²) in [6.07, 6.45) is 1.51. The molecule has 0 aromatic carbocycles. The van der Waals surface area contributed by atoms with Gasteiger partial charge in [-0.15, -0.1) is 0 Å². The Morgan fingerprint density at radius 2 is 2.16 bits per heavy atom. The lowest BCUT2D eigenvalue weighted by atomic mass is 10.3. The number of rotatable bonds is 4. The monoisotopic (exact) mass is 324 g/mol. The minimum Gasteiger partial charge on any atom is -0.475 e. The van der Waals surface area contributed by atoms with Crippen LogP contribution in [0.2, 0.25) is 0 Å². The molecular formula is C12H9BrN2O4. The van der Waals surface area contributed by atoms with Crippen LogP contribution in [0, 0.1) is 0 Å². The molecule has 1 amide bonds. The van der Waals surface area contributed by atoms with Crippen molar-refractivity contribution in [2.75, 3.05) is 0 Å². The van der Waals surface area contributed by atoms with Crippen LogP contribution < -0.4 is 5.32 Å². The predicted molar refractivity (Wildman–Crippen MR) is 68.8 cm³/mol. The maximum absolute atomic E-state index is 11.8. The summed E-state index contributed by atoms with van der Waals surface area (Å²) >= 11 is 3.22. The predicted octanol–water partition coefficient (Wildman–Crippen LogP) is 2.07. The van der Waals surface area contributed by atoms with Gasteiger partial charge in [0.05, 0.1) is 6.54 Å². The van der Waals surface area contributed by atoms with E-state index in [1.807, 2.05) is 0 Å². The van der Waals surface area contributed by atoms with Gasteiger partial charge >= 0.3 is 5.97 Å². The van der Waals surface area contributed by atoms with Gasteiger partial charge in [-0.3, -0.25) is 4.79 Å². The average molecular weight is 325 g/mol. The van der Waals surface area contributed by atoms with Gasteiger partial charge in [0.1, 0.15) is 11.5 Å². The van der Waals surface area contributed by atoms with Crippen molar-refractivity contribution < 1.29 is 19.1 Å². The lowest BCUT2D eigenvalue weighted by Gasteiger charge is -2.03. The fourth-order valence-corrected chi connectivity index (χ4v) is 1.83. The Labute approximate surface area is 116 Å². The first-order valence-electron chi connectivity index (χ1n) is 5.28. The molecule has 0 bridgehead atoms. The first-order chi connectivity index (χ1) is 9.08. The summed E-state index contributed by atoms with van der Waals surface area (Å²) in [4.78, 5) is 26.4. The lowest BCUT2D eigenvalue weighted by molar-refractivity contribution is 0.0660. The molecule has 0 radical (unpaired) electrons. The molecule has 2 aromatic rings. The normalized spacial score (nSPS) is 10.2. The third-order valence-corrected chi connectivity index (χ3v) is 2.91. The fourth-order valence-electron chi connectivity index (χ4n) is 1.39. The fraction of sp³-hybridized carbons (Fsp3) is 0.0833. The molecular weight excluding hydrogens is 316 g/mol. The van der Waals surface area contributed by atoms with Crippen LogP contribution in [0.25, 0.3) is 0 Å². The van der Waals surface area contributed by atoms with Crippen molar-refractivity contribution in [2.45, 2.75) is 6.54 Å². The molecule has 0 atom stereocenters. The van der Waals surface area contributed by atoms with Crippen LogP contribution in [0.5, 0.6) is 0 Å². The number of pyridine rings is 1. The standard InChI is InChI=1S/C12H9BrN2O4/c13-8-2-1-5-14-10(8)11(16)15-6-7-3-4-9(19-7)12(17)18/h1-5H,6H2,(H,15,16)(H,17,18). The van der Waals surface area contributed by atoms with Crippen LogP contribution in [0.1, 0.15) is 26.8 Å². The molecule has 0 spiro atoms. The Bertz CT molecular complexity index is 624. The molecule has 2 rings (SSSR count). The maximum Gasteiger partial charge on any atom is 0.371 e. The molecule has 0 aliphatic rings. The minimum absolute atomic E-state index is 0.0924. The number of nitrogens with one attached hydrogen (secondary N) is 1. The highest BCUT2D eigenvalue weighted by Crippen LogP contribution is 2.13. The summed E-state index contributed by atoms with van der Waals surface area (Å²) in [5, 5.41) is 11.3. The van der Waals surface area contributed by atoms with E-state index in [9.17, 15) is 9.59 Å². The largest absolute Gasteiger partial charge is 0.475 e. The molecule has 0 saturated heterocycles. The summed E-state index contributed by atoms with van der Waals surface area (Å²) in [6.45, 7) is 0.0924. The Hall–Kier alpha value is -2.15. The van der Waals surface area contributed by atoms with Gasteiger partial charge in [0.15, 0.2) is 0 Å². The number of hydrogen-bond donors (Lipinski definition) is 2. The van der Waals surface area contributed by atoms with E-state index in [4.69, 9.17) is 9.52 Å². The number of carbonyl (C=O) groups excluding carboxylic acids is 1. The molecule has 98 valence electrons. The van der Waals surface area contributed by atoms with Crippen molar-refractivity contribution in [3.05, 3.63) is 52.1 Å². The second kappa shape index (κ2) is 5.66. The quantitative estimate of drug-likeness (QED) is 0.898. The van der Waals surface area contributed by atoms with Gasteiger partial charge in [-0.2, -0.15) is 0 Å². The van der Waals surface area contributed by atoms with Gasteiger partial charge in [-0.05, 0) is 40.2 Å². The van der Waals surface area contributed by atoms with Crippen molar-refractivity contribution in [3.8, 4) is 0 Å². The Balaban J connectivity index is 2.00. The van der Waals surface area contributed by atoms with E-state index in [1.54, 1.807) is 12.1 Å². The first kappa shape index (κ1) is 13.3. The molecule has 0 saturated carbocycles.